The third-order valence-electron chi connectivity index (χ3n) is 3.06. The number of rotatable bonds is 6. The molecular formula is C15H18Br2N2OS. The van der Waals surface area contributed by atoms with Crippen LogP contribution in [0.1, 0.15) is 31.3 Å². The Labute approximate surface area is 146 Å². The van der Waals surface area contributed by atoms with Gasteiger partial charge in [-0.1, -0.05) is 15.9 Å². The summed E-state index contributed by atoms with van der Waals surface area (Å²) >= 11 is 8.76. The van der Waals surface area contributed by atoms with Crippen LogP contribution in [0, 0.1) is 0 Å². The summed E-state index contributed by atoms with van der Waals surface area (Å²) in [4.78, 5) is 4.40. The maximum atomic E-state index is 5.76. The summed E-state index contributed by atoms with van der Waals surface area (Å²) < 4.78 is 7.75. The molecular weight excluding hydrogens is 416 g/mol. The standard InChI is InChI=1S/C15H18Br2N2OS/c1-4-20-13-10(7-11(16)8-12(13)17)9-19-15(2,3)14-18-5-6-21-14/h5-8,19H,4,9H2,1-3H3. The minimum absolute atomic E-state index is 0.174. The number of thiazole rings is 1. The highest BCUT2D eigenvalue weighted by molar-refractivity contribution is 9.11. The molecule has 0 fully saturated rings. The minimum atomic E-state index is -0.174. The molecule has 6 heteroatoms. The first-order chi connectivity index (χ1) is 9.94. The van der Waals surface area contributed by atoms with E-state index >= 15 is 0 Å². The van der Waals surface area contributed by atoms with Crippen molar-refractivity contribution in [3.63, 3.8) is 0 Å². The van der Waals surface area contributed by atoms with E-state index in [0.29, 0.717) is 13.2 Å². The topological polar surface area (TPSA) is 34.1 Å². The van der Waals surface area contributed by atoms with Gasteiger partial charge in [0.25, 0.3) is 0 Å². The van der Waals surface area contributed by atoms with Crippen LogP contribution in [-0.2, 0) is 12.1 Å². The molecule has 1 heterocycles. The number of hydrogen-bond acceptors (Lipinski definition) is 4. The fraction of sp³-hybridized carbons (Fsp3) is 0.400. The zero-order valence-electron chi connectivity index (χ0n) is 12.2. The van der Waals surface area contributed by atoms with Gasteiger partial charge in [0.15, 0.2) is 0 Å². The Kier molecular flexibility index (Phi) is 5.82. The summed E-state index contributed by atoms with van der Waals surface area (Å²) in [6.45, 7) is 7.62. The lowest BCUT2D eigenvalue weighted by atomic mass is 10.1. The number of benzene rings is 1. The molecule has 2 aromatic rings. The highest BCUT2D eigenvalue weighted by atomic mass is 79.9. The molecule has 0 spiro atoms. The second-order valence-electron chi connectivity index (χ2n) is 5.12. The highest BCUT2D eigenvalue weighted by Gasteiger charge is 2.23. The van der Waals surface area contributed by atoms with Crippen molar-refractivity contribution in [2.45, 2.75) is 32.9 Å². The van der Waals surface area contributed by atoms with E-state index in [1.165, 1.54) is 0 Å². The third kappa shape index (κ3) is 4.28. The van der Waals surface area contributed by atoms with Crippen LogP contribution in [0.2, 0.25) is 0 Å². The van der Waals surface area contributed by atoms with Gasteiger partial charge in [0.1, 0.15) is 10.8 Å². The van der Waals surface area contributed by atoms with Crippen LogP contribution in [-0.4, -0.2) is 11.6 Å². The molecule has 2 rings (SSSR count). The van der Waals surface area contributed by atoms with Gasteiger partial charge >= 0.3 is 0 Å². The first-order valence-corrected chi connectivity index (χ1v) is 9.16. The first kappa shape index (κ1) is 16.9. The molecule has 0 aliphatic carbocycles. The van der Waals surface area contributed by atoms with Gasteiger partial charge in [0, 0.05) is 28.2 Å². The molecule has 0 atom stereocenters. The molecule has 1 aromatic heterocycles. The molecule has 0 amide bonds. The van der Waals surface area contributed by atoms with Crippen LogP contribution in [0.3, 0.4) is 0 Å². The second-order valence-corrected chi connectivity index (χ2v) is 7.79. The molecule has 0 radical (unpaired) electrons. The molecule has 114 valence electrons. The summed E-state index contributed by atoms with van der Waals surface area (Å²) in [5.41, 5.74) is 0.939. The fourth-order valence-corrected chi connectivity index (χ4v) is 4.14. The molecule has 0 unspecified atom stereocenters. The molecule has 0 aliphatic heterocycles. The van der Waals surface area contributed by atoms with E-state index in [1.54, 1.807) is 11.3 Å². The Morgan fingerprint density at radius 1 is 1.33 bits per heavy atom. The smallest absolute Gasteiger partial charge is 0.138 e. The second kappa shape index (κ2) is 7.22. The SMILES string of the molecule is CCOc1c(Br)cc(Br)cc1CNC(C)(C)c1nccs1. The van der Waals surface area contributed by atoms with Crippen molar-refractivity contribution in [2.75, 3.05) is 6.61 Å². The van der Waals surface area contributed by atoms with Gasteiger partial charge in [-0.2, -0.15) is 0 Å². The van der Waals surface area contributed by atoms with Gasteiger partial charge in [-0.3, -0.25) is 0 Å². The van der Waals surface area contributed by atoms with Gasteiger partial charge in [-0.25, -0.2) is 4.98 Å². The summed E-state index contributed by atoms with van der Waals surface area (Å²) in [5.74, 6) is 0.892. The van der Waals surface area contributed by atoms with Crippen LogP contribution >= 0.6 is 43.2 Å². The molecule has 1 N–H and O–H groups in total. The van der Waals surface area contributed by atoms with Crippen molar-refractivity contribution < 1.29 is 4.74 Å². The largest absolute Gasteiger partial charge is 0.492 e. The maximum absolute atomic E-state index is 5.76. The van der Waals surface area contributed by atoms with Crippen LogP contribution < -0.4 is 10.1 Å². The lowest BCUT2D eigenvalue weighted by Gasteiger charge is -2.25. The molecule has 0 saturated carbocycles. The zero-order chi connectivity index (χ0) is 15.5. The van der Waals surface area contributed by atoms with Crippen LogP contribution in [0.25, 0.3) is 0 Å². The predicted molar refractivity (Wildman–Crippen MR) is 95.0 cm³/mol. The molecule has 0 aliphatic rings. The van der Waals surface area contributed by atoms with Crippen molar-refractivity contribution in [1.82, 2.24) is 10.3 Å². The summed E-state index contributed by atoms with van der Waals surface area (Å²) in [6, 6.07) is 4.08. The van der Waals surface area contributed by atoms with Crippen molar-refractivity contribution in [3.05, 3.63) is 43.2 Å². The van der Waals surface area contributed by atoms with Gasteiger partial charge in [0.05, 0.1) is 16.6 Å². The average molecular weight is 434 g/mol. The zero-order valence-corrected chi connectivity index (χ0v) is 16.2. The molecule has 0 saturated heterocycles. The van der Waals surface area contributed by atoms with Crippen LogP contribution in [0.15, 0.2) is 32.7 Å². The normalized spacial score (nSPS) is 11.7. The first-order valence-electron chi connectivity index (χ1n) is 6.69. The number of hydrogen-bond donors (Lipinski definition) is 1. The minimum Gasteiger partial charge on any atom is -0.492 e. The Balaban J connectivity index is 2.19. The Morgan fingerprint density at radius 2 is 2.10 bits per heavy atom. The van der Waals surface area contributed by atoms with E-state index in [1.807, 2.05) is 24.6 Å². The predicted octanol–water partition coefficient (Wildman–Crippen LogP) is 5.09. The van der Waals surface area contributed by atoms with Gasteiger partial charge in [0.2, 0.25) is 0 Å². The Bertz CT molecular complexity index is 600. The number of nitrogens with one attached hydrogen (secondary N) is 1. The fourth-order valence-electron chi connectivity index (χ4n) is 1.97. The third-order valence-corrected chi connectivity index (χ3v) is 5.21. The van der Waals surface area contributed by atoms with E-state index in [0.717, 1.165) is 25.3 Å². The number of nitrogens with zero attached hydrogens (tertiary/aromatic N) is 1. The van der Waals surface area contributed by atoms with E-state index in [2.05, 4.69) is 62.1 Å². The quantitative estimate of drug-likeness (QED) is 0.688. The van der Waals surface area contributed by atoms with E-state index in [-0.39, 0.29) is 5.54 Å². The Hall–Kier alpha value is -0.430. The number of aromatic nitrogens is 1. The van der Waals surface area contributed by atoms with Crippen molar-refractivity contribution in [1.29, 1.82) is 0 Å². The summed E-state index contributed by atoms with van der Waals surface area (Å²) in [7, 11) is 0. The van der Waals surface area contributed by atoms with Gasteiger partial charge in [-0.15, -0.1) is 11.3 Å². The van der Waals surface area contributed by atoms with E-state index in [4.69, 9.17) is 4.74 Å². The number of halogens is 2. The molecule has 3 nitrogen and oxygen atoms in total. The average Bonchev–Trinajstić information content (AvgIpc) is 2.94. The van der Waals surface area contributed by atoms with Gasteiger partial charge in [-0.05, 0) is 48.8 Å². The van der Waals surface area contributed by atoms with E-state index < -0.39 is 0 Å². The maximum Gasteiger partial charge on any atom is 0.138 e. The number of ether oxygens (including phenoxy) is 1. The molecule has 21 heavy (non-hydrogen) atoms. The highest BCUT2D eigenvalue weighted by Crippen LogP contribution is 2.33. The Morgan fingerprint density at radius 3 is 2.71 bits per heavy atom. The lowest BCUT2D eigenvalue weighted by Crippen LogP contribution is -2.36. The lowest BCUT2D eigenvalue weighted by molar-refractivity contribution is 0.328. The van der Waals surface area contributed by atoms with Crippen LogP contribution in [0.5, 0.6) is 5.75 Å². The summed E-state index contributed by atoms with van der Waals surface area (Å²) in [5, 5.41) is 6.64. The molecule has 0 bridgehead atoms. The van der Waals surface area contributed by atoms with Crippen molar-refractivity contribution in [2.24, 2.45) is 0 Å². The van der Waals surface area contributed by atoms with E-state index in [9.17, 15) is 0 Å². The van der Waals surface area contributed by atoms with Crippen LogP contribution in [0.4, 0.5) is 0 Å². The monoisotopic (exact) mass is 432 g/mol. The summed E-state index contributed by atoms with van der Waals surface area (Å²) in [6.07, 6.45) is 1.84. The van der Waals surface area contributed by atoms with Crippen molar-refractivity contribution >= 4 is 43.2 Å². The van der Waals surface area contributed by atoms with Gasteiger partial charge < -0.3 is 10.1 Å². The van der Waals surface area contributed by atoms with Crippen molar-refractivity contribution in [3.8, 4) is 5.75 Å². The molecule has 1 aromatic carbocycles.